The van der Waals surface area contributed by atoms with Gasteiger partial charge in [-0.2, -0.15) is 10.2 Å². The molecule has 0 aromatic carbocycles. The van der Waals surface area contributed by atoms with Gasteiger partial charge in [0.15, 0.2) is 0 Å². The monoisotopic (exact) mass is 261 g/mol. The largest absolute Gasteiger partial charge is 0.480 e. The van der Waals surface area contributed by atoms with E-state index in [4.69, 9.17) is 11.5 Å². The number of aryl methyl sites for hydroxylation is 2. The summed E-state index contributed by atoms with van der Waals surface area (Å²) in [6, 6.07) is 0.478. The van der Waals surface area contributed by atoms with E-state index in [0.717, 1.165) is 0 Å². The van der Waals surface area contributed by atoms with Crippen molar-refractivity contribution in [2.45, 2.75) is 32.7 Å². The summed E-state index contributed by atoms with van der Waals surface area (Å²) in [7, 11) is 0. The molecule has 0 saturated carbocycles. The minimum Gasteiger partial charge on any atom is -0.480 e. The highest BCUT2D eigenvalue weighted by Crippen LogP contribution is 2.08. The molecule has 19 heavy (non-hydrogen) atoms. The summed E-state index contributed by atoms with van der Waals surface area (Å²) in [6.07, 6.45) is 5.54. The van der Waals surface area contributed by atoms with Crippen molar-refractivity contribution in [1.29, 1.82) is 0 Å². The maximum absolute atomic E-state index is 12.1. The van der Waals surface area contributed by atoms with Gasteiger partial charge in [0, 0.05) is 6.42 Å². The molecule has 1 amide bonds. The fraction of sp³-hybridized carbons (Fsp3) is 0.385. The molecule has 0 saturated heterocycles. The number of nitrogens with zero attached hydrogens (tertiary/aromatic N) is 2. The minimum atomic E-state index is -1.16. The minimum absolute atomic E-state index is 0.0694. The highest BCUT2D eigenvalue weighted by molar-refractivity contribution is 5.97. The van der Waals surface area contributed by atoms with Crippen molar-refractivity contribution >= 4 is 11.9 Å². The van der Waals surface area contributed by atoms with Crippen molar-refractivity contribution in [3.63, 3.8) is 0 Å². The maximum Gasteiger partial charge on any atom is 0.327 e. The Labute approximate surface area is 111 Å². The van der Waals surface area contributed by atoms with Gasteiger partial charge in [0.05, 0.1) is 17.0 Å². The predicted molar refractivity (Wildman–Crippen MR) is 68.5 cm³/mol. The number of nitrogens with one attached hydrogen (secondary N) is 1. The van der Waals surface area contributed by atoms with Crippen molar-refractivity contribution in [3.05, 3.63) is 23.0 Å². The van der Waals surface area contributed by atoms with Crippen molar-refractivity contribution in [3.8, 4) is 12.3 Å². The molecule has 1 heterocycles. The van der Waals surface area contributed by atoms with Crippen LogP contribution in [0.3, 0.4) is 0 Å². The van der Waals surface area contributed by atoms with E-state index in [0.29, 0.717) is 23.4 Å². The Morgan fingerprint density at radius 1 is 1.53 bits per heavy atom. The maximum atomic E-state index is 12.1. The molecule has 0 aliphatic carbocycles. The number of terminal acetylenes is 1. The molecule has 1 aromatic heterocycles. The normalized spacial score (nSPS) is 11.4. The van der Waals surface area contributed by atoms with Crippen molar-refractivity contribution in [2.24, 2.45) is 0 Å². The molecular weight excluding hydrogens is 246 g/mol. The molecule has 0 aliphatic rings. The number of hydrogen-bond acceptors (Lipinski definition) is 4. The first-order valence-corrected chi connectivity index (χ1v) is 5.79. The third-order valence-electron chi connectivity index (χ3n) is 2.50. The lowest BCUT2D eigenvalue weighted by Gasteiger charge is -2.13. The Bertz CT molecular complexity index is 534. The average Bonchev–Trinajstić information content (AvgIpc) is 2.37. The van der Waals surface area contributed by atoms with E-state index in [9.17, 15) is 9.59 Å². The quantitative estimate of drug-likeness (QED) is 0.755. The summed E-state index contributed by atoms with van der Waals surface area (Å²) < 4.78 is 0. The summed E-state index contributed by atoms with van der Waals surface area (Å²) in [5.74, 6) is 0.556. The SMILES string of the molecule is C#CCC(NC(=O)c1cc(C)nnc1CC)C(=O)O. The second-order valence-corrected chi connectivity index (χ2v) is 3.97. The molecule has 100 valence electrons. The molecule has 0 fully saturated rings. The number of carbonyl (C=O) groups is 2. The van der Waals surface area contributed by atoms with Crippen LogP contribution in [0.4, 0.5) is 0 Å². The summed E-state index contributed by atoms with van der Waals surface area (Å²) in [5.41, 5.74) is 1.44. The summed E-state index contributed by atoms with van der Waals surface area (Å²) in [5, 5.41) is 19.1. The molecule has 6 heteroatoms. The van der Waals surface area contributed by atoms with E-state index in [-0.39, 0.29) is 6.42 Å². The second-order valence-electron chi connectivity index (χ2n) is 3.97. The number of carboxylic acids is 1. The van der Waals surface area contributed by atoms with Crippen molar-refractivity contribution in [2.75, 3.05) is 0 Å². The van der Waals surface area contributed by atoms with Crippen LogP contribution in [0.25, 0.3) is 0 Å². The van der Waals surface area contributed by atoms with Gasteiger partial charge in [0.25, 0.3) is 5.91 Å². The number of aromatic nitrogens is 2. The van der Waals surface area contributed by atoms with Crippen LogP contribution < -0.4 is 5.32 Å². The van der Waals surface area contributed by atoms with E-state index in [1.54, 1.807) is 13.0 Å². The Morgan fingerprint density at radius 2 is 2.21 bits per heavy atom. The van der Waals surface area contributed by atoms with E-state index in [2.05, 4.69) is 21.4 Å². The number of aliphatic carboxylic acids is 1. The molecule has 0 radical (unpaired) electrons. The first-order chi connectivity index (χ1) is 8.99. The molecular formula is C13H15N3O3. The first kappa shape index (κ1) is 14.6. The zero-order chi connectivity index (χ0) is 14.4. The topological polar surface area (TPSA) is 92.2 Å². The highest BCUT2D eigenvalue weighted by Gasteiger charge is 2.21. The molecule has 0 aliphatic heterocycles. The number of carbonyl (C=O) groups excluding carboxylic acids is 1. The summed E-state index contributed by atoms with van der Waals surface area (Å²) >= 11 is 0. The van der Waals surface area contributed by atoms with Crippen molar-refractivity contribution < 1.29 is 14.7 Å². The Morgan fingerprint density at radius 3 is 2.74 bits per heavy atom. The molecule has 1 aromatic rings. The van der Waals surface area contributed by atoms with Crippen LogP contribution in [0.1, 0.15) is 35.1 Å². The van der Waals surface area contributed by atoms with Gasteiger partial charge in [0.1, 0.15) is 6.04 Å². The van der Waals surface area contributed by atoms with Crippen LogP contribution in [0.2, 0.25) is 0 Å². The molecule has 6 nitrogen and oxygen atoms in total. The van der Waals surface area contributed by atoms with Crippen LogP contribution in [0.15, 0.2) is 6.07 Å². The lowest BCUT2D eigenvalue weighted by molar-refractivity contribution is -0.139. The standard InChI is InChI=1S/C13H15N3O3/c1-4-6-11(13(18)19)14-12(17)9-7-8(3)15-16-10(9)5-2/h1,7,11H,5-6H2,2-3H3,(H,14,17)(H,18,19). The molecule has 0 spiro atoms. The smallest absolute Gasteiger partial charge is 0.327 e. The van der Waals surface area contributed by atoms with Gasteiger partial charge in [-0.25, -0.2) is 4.79 Å². The van der Waals surface area contributed by atoms with E-state index in [1.165, 1.54) is 0 Å². The third-order valence-corrected chi connectivity index (χ3v) is 2.50. The van der Waals surface area contributed by atoms with Crippen LogP contribution in [-0.4, -0.2) is 33.2 Å². The zero-order valence-corrected chi connectivity index (χ0v) is 10.8. The van der Waals surface area contributed by atoms with Gasteiger partial charge in [-0.3, -0.25) is 4.79 Å². The van der Waals surface area contributed by atoms with Gasteiger partial charge in [0.2, 0.25) is 0 Å². The highest BCUT2D eigenvalue weighted by atomic mass is 16.4. The lowest BCUT2D eigenvalue weighted by Crippen LogP contribution is -2.41. The third kappa shape index (κ3) is 3.78. The Balaban J connectivity index is 2.97. The predicted octanol–water partition coefficient (Wildman–Crippen LogP) is 0.554. The second kappa shape index (κ2) is 6.50. The summed E-state index contributed by atoms with van der Waals surface area (Å²) in [4.78, 5) is 23.0. The zero-order valence-electron chi connectivity index (χ0n) is 10.8. The van der Waals surface area contributed by atoms with Gasteiger partial charge in [-0.15, -0.1) is 12.3 Å². The van der Waals surface area contributed by atoms with Gasteiger partial charge in [-0.05, 0) is 19.4 Å². The van der Waals surface area contributed by atoms with Crippen LogP contribution in [-0.2, 0) is 11.2 Å². The van der Waals surface area contributed by atoms with Crippen LogP contribution in [0.5, 0.6) is 0 Å². The number of rotatable bonds is 5. The van der Waals surface area contributed by atoms with E-state index < -0.39 is 17.9 Å². The number of hydrogen-bond donors (Lipinski definition) is 2. The van der Waals surface area contributed by atoms with Gasteiger partial charge in [-0.1, -0.05) is 6.92 Å². The van der Waals surface area contributed by atoms with Crippen LogP contribution in [0, 0.1) is 19.3 Å². The van der Waals surface area contributed by atoms with E-state index in [1.807, 2.05) is 6.92 Å². The molecule has 2 N–H and O–H groups in total. The molecule has 1 rings (SSSR count). The van der Waals surface area contributed by atoms with Gasteiger partial charge >= 0.3 is 5.97 Å². The van der Waals surface area contributed by atoms with Crippen molar-refractivity contribution in [1.82, 2.24) is 15.5 Å². The first-order valence-electron chi connectivity index (χ1n) is 5.79. The number of amides is 1. The molecule has 1 atom stereocenters. The van der Waals surface area contributed by atoms with Crippen LogP contribution >= 0.6 is 0 Å². The van der Waals surface area contributed by atoms with Gasteiger partial charge < -0.3 is 10.4 Å². The average molecular weight is 261 g/mol. The lowest BCUT2D eigenvalue weighted by atomic mass is 10.1. The Kier molecular flexibility index (Phi) is 5.01. The summed E-state index contributed by atoms with van der Waals surface area (Å²) in [6.45, 7) is 3.55. The molecule has 0 bridgehead atoms. The Hall–Kier alpha value is -2.42. The fourth-order valence-corrected chi connectivity index (χ4v) is 1.53. The molecule has 1 unspecified atom stereocenters. The fourth-order valence-electron chi connectivity index (χ4n) is 1.53. The number of carboxylic acid groups (broad SMARTS) is 1. The van der Waals surface area contributed by atoms with E-state index >= 15 is 0 Å².